The number of hydrogen-bond donors (Lipinski definition) is 1. The topological polar surface area (TPSA) is 50.7 Å². The van der Waals surface area contributed by atoms with Crippen molar-refractivity contribution in [1.29, 1.82) is 0 Å². The summed E-state index contributed by atoms with van der Waals surface area (Å²) in [7, 11) is 0. The summed E-state index contributed by atoms with van der Waals surface area (Å²) in [6, 6.07) is 1.94. The van der Waals surface area contributed by atoms with Gasteiger partial charge in [-0.1, -0.05) is 6.92 Å². The second kappa shape index (κ2) is 5.50. The predicted molar refractivity (Wildman–Crippen MR) is 67.4 cm³/mol. The van der Waals surface area contributed by atoms with Crippen molar-refractivity contribution in [3.8, 4) is 11.4 Å². The lowest BCUT2D eigenvalue weighted by Crippen LogP contribution is -2.12. The van der Waals surface area contributed by atoms with Crippen LogP contribution in [0.25, 0.3) is 11.4 Å². The minimum atomic E-state index is 0.755. The Balaban J connectivity index is 2.21. The predicted octanol–water partition coefficient (Wildman–Crippen LogP) is 1.96. The third-order valence-corrected chi connectivity index (χ3v) is 2.55. The Morgan fingerprint density at radius 2 is 1.94 bits per heavy atom. The molecule has 0 spiro atoms. The van der Waals surface area contributed by atoms with Crippen LogP contribution in [0, 0.1) is 6.92 Å². The summed E-state index contributed by atoms with van der Waals surface area (Å²) in [5.74, 6) is 0.755. The number of hydrogen-bond acceptors (Lipinski definition) is 4. The molecular formula is C13H16N4. The SMILES string of the molecule is CCNCc1cnc(-c2ccncc2C)nc1. The van der Waals surface area contributed by atoms with Gasteiger partial charge in [-0.05, 0) is 25.1 Å². The molecule has 2 rings (SSSR count). The van der Waals surface area contributed by atoms with Crippen LogP contribution in [0.2, 0.25) is 0 Å². The molecule has 0 bridgehead atoms. The van der Waals surface area contributed by atoms with Crippen LogP contribution in [0.15, 0.2) is 30.9 Å². The molecule has 0 amide bonds. The molecule has 1 N–H and O–H groups in total. The number of nitrogens with one attached hydrogen (secondary N) is 1. The average Bonchev–Trinajstić information content (AvgIpc) is 2.38. The molecule has 88 valence electrons. The molecule has 0 unspecified atom stereocenters. The van der Waals surface area contributed by atoms with Crippen molar-refractivity contribution in [2.45, 2.75) is 20.4 Å². The summed E-state index contributed by atoms with van der Waals surface area (Å²) in [4.78, 5) is 12.8. The molecule has 0 saturated carbocycles. The highest BCUT2D eigenvalue weighted by atomic mass is 14.9. The van der Waals surface area contributed by atoms with E-state index >= 15 is 0 Å². The van der Waals surface area contributed by atoms with E-state index in [1.807, 2.05) is 31.6 Å². The molecule has 4 nitrogen and oxygen atoms in total. The lowest BCUT2D eigenvalue weighted by molar-refractivity contribution is 0.721. The third kappa shape index (κ3) is 2.85. The Bertz CT molecular complexity index is 479. The van der Waals surface area contributed by atoms with Crippen molar-refractivity contribution in [1.82, 2.24) is 20.3 Å². The summed E-state index contributed by atoms with van der Waals surface area (Å²) in [5, 5.41) is 3.25. The summed E-state index contributed by atoms with van der Waals surface area (Å²) in [6.45, 7) is 5.85. The summed E-state index contributed by atoms with van der Waals surface area (Å²) in [5.41, 5.74) is 3.23. The van der Waals surface area contributed by atoms with E-state index in [2.05, 4.69) is 27.2 Å². The minimum absolute atomic E-state index is 0.755. The zero-order valence-corrected chi connectivity index (χ0v) is 10.1. The Morgan fingerprint density at radius 3 is 2.59 bits per heavy atom. The lowest BCUT2D eigenvalue weighted by atomic mass is 10.1. The smallest absolute Gasteiger partial charge is 0.159 e. The molecular weight excluding hydrogens is 212 g/mol. The molecule has 0 radical (unpaired) electrons. The molecule has 0 atom stereocenters. The van der Waals surface area contributed by atoms with Crippen molar-refractivity contribution < 1.29 is 0 Å². The molecule has 0 saturated heterocycles. The van der Waals surface area contributed by atoms with E-state index in [9.17, 15) is 0 Å². The number of rotatable bonds is 4. The highest BCUT2D eigenvalue weighted by molar-refractivity contribution is 5.58. The van der Waals surface area contributed by atoms with Crippen LogP contribution in [0.1, 0.15) is 18.1 Å². The van der Waals surface area contributed by atoms with Crippen molar-refractivity contribution >= 4 is 0 Å². The molecule has 0 fully saturated rings. The van der Waals surface area contributed by atoms with Gasteiger partial charge in [-0.25, -0.2) is 9.97 Å². The Kier molecular flexibility index (Phi) is 3.77. The Hall–Kier alpha value is -1.81. The van der Waals surface area contributed by atoms with Gasteiger partial charge in [-0.2, -0.15) is 0 Å². The quantitative estimate of drug-likeness (QED) is 0.869. The zero-order valence-electron chi connectivity index (χ0n) is 10.1. The van der Waals surface area contributed by atoms with Gasteiger partial charge in [0.1, 0.15) is 0 Å². The van der Waals surface area contributed by atoms with Gasteiger partial charge in [-0.15, -0.1) is 0 Å². The minimum Gasteiger partial charge on any atom is -0.313 e. The molecule has 2 aromatic heterocycles. The van der Waals surface area contributed by atoms with E-state index < -0.39 is 0 Å². The van der Waals surface area contributed by atoms with Crippen LogP contribution in [0.4, 0.5) is 0 Å². The number of aromatic nitrogens is 3. The van der Waals surface area contributed by atoms with E-state index in [-0.39, 0.29) is 0 Å². The van der Waals surface area contributed by atoms with E-state index in [0.29, 0.717) is 0 Å². The first-order chi connectivity index (χ1) is 8.31. The summed E-state index contributed by atoms with van der Waals surface area (Å²) < 4.78 is 0. The molecule has 0 aromatic carbocycles. The fourth-order valence-corrected chi connectivity index (χ4v) is 1.58. The van der Waals surface area contributed by atoms with Crippen molar-refractivity contribution in [3.63, 3.8) is 0 Å². The van der Waals surface area contributed by atoms with E-state index in [1.165, 1.54) is 0 Å². The van der Waals surface area contributed by atoms with Crippen LogP contribution in [0.3, 0.4) is 0 Å². The van der Waals surface area contributed by atoms with Gasteiger partial charge in [-0.3, -0.25) is 4.98 Å². The van der Waals surface area contributed by atoms with Gasteiger partial charge in [0.05, 0.1) is 0 Å². The highest BCUT2D eigenvalue weighted by Gasteiger charge is 2.04. The van der Waals surface area contributed by atoms with Gasteiger partial charge < -0.3 is 5.32 Å². The van der Waals surface area contributed by atoms with Gasteiger partial charge in [0.15, 0.2) is 5.82 Å². The van der Waals surface area contributed by atoms with E-state index in [0.717, 1.165) is 35.6 Å². The van der Waals surface area contributed by atoms with Gasteiger partial charge >= 0.3 is 0 Å². The highest BCUT2D eigenvalue weighted by Crippen LogP contribution is 2.17. The summed E-state index contributed by atoms with van der Waals surface area (Å²) >= 11 is 0. The van der Waals surface area contributed by atoms with E-state index in [4.69, 9.17) is 0 Å². The molecule has 0 aliphatic heterocycles. The molecule has 4 heteroatoms. The second-order valence-corrected chi connectivity index (χ2v) is 3.89. The molecule has 0 aliphatic carbocycles. The zero-order chi connectivity index (χ0) is 12.1. The van der Waals surface area contributed by atoms with E-state index in [1.54, 1.807) is 6.20 Å². The summed E-state index contributed by atoms with van der Waals surface area (Å²) in [6.07, 6.45) is 7.32. The maximum absolute atomic E-state index is 4.38. The van der Waals surface area contributed by atoms with Crippen LogP contribution in [0.5, 0.6) is 0 Å². The average molecular weight is 228 g/mol. The standard InChI is InChI=1S/C13H16N4/c1-3-14-7-11-8-16-13(17-9-11)12-4-5-15-6-10(12)2/h4-6,8-9,14H,3,7H2,1-2H3. The first kappa shape index (κ1) is 11.7. The van der Waals surface area contributed by atoms with Crippen molar-refractivity contribution in [3.05, 3.63) is 42.0 Å². The molecule has 0 aliphatic rings. The first-order valence-corrected chi connectivity index (χ1v) is 5.74. The Labute approximate surface area is 101 Å². The van der Waals surface area contributed by atoms with Gasteiger partial charge in [0, 0.05) is 42.5 Å². The van der Waals surface area contributed by atoms with Crippen LogP contribution >= 0.6 is 0 Å². The monoisotopic (exact) mass is 228 g/mol. The number of pyridine rings is 1. The molecule has 17 heavy (non-hydrogen) atoms. The fraction of sp³-hybridized carbons (Fsp3) is 0.308. The number of aryl methyl sites for hydroxylation is 1. The van der Waals surface area contributed by atoms with Gasteiger partial charge in [0.2, 0.25) is 0 Å². The molecule has 2 heterocycles. The maximum atomic E-state index is 4.38. The van der Waals surface area contributed by atoms with Crippen molar-refractivity contribution in [2.24, 2.45) is 0 Å². The largest absolute Gasteiger partial charge is 0.313 e. The fourth-order valence-electron chi connectivity index (χ4n) is 1.58. The second-order valence-electron chi connectivity index (χ2n) is 3.89. The van der Waals surface area contributed by atoms with Crippen molar-refractivity contribution in [2.75, 3.05) is 6.54 Å². The Morgan fingerprint density at radius 1 is 1.18 bits per heavy atom. The van der Waals surface area contributed by atoms with Gasteiger partial charge in [0.25, 0.3) is 0 Å². The number of nitrogens with zero attached hydrogens (tertiary/aromatic N) is 3. The van der Waals surface area contributed by atoms with Crippen LogP contribution in [-0.2, 0) is 6.54 Å². The van der Waals surface area contributed by atoms with Crippen LogP contribution < -0.4 is 5.32 Å². The molecule has 2 aromatic rings. The van der Waals surface area contributed by atoms with Crippen LogP contribution in [-0.4, -0.2) is 21.5 Å². The maximum Gasteiger partial charge on any atom is 0.159 e. The third-order valence-electron chi connectivity index (χ3n) is 2.55. The first-order valence-electron chi connectivity index (χ1n) is 5.74. The normalized spacial score (nSPS) is 10.5. The lowest BCUT2D eigenvalue weighted by Gasteiger charge is -2.05.